The minimum absolute atomic E-state index is 0. The normalized spacial score (nSPS) is 13.2. The highest BCUT2D eigenvalue weighted by Gasteiger charge is 2.26. The summed E-state index contributed by atoms with van der Waals surface area (Å²) in [5.41, 5.74) is 5.35. The number of carbonyl (C=O) groups is 2. The summed E-state index contributed by atoms with van der Waals surface area (Å²) in [4.78, 5) is 26.3. The van der Waals surface area contributed by atoms with Gasteiger partial charge in [0.1, 0.15) is 0 Å². The first-order chi connectivity index (χ1) is 9.77. The van der Waals surface area contributed by atoms with Crippen LogP contribution in [-0.4, -0.2) is 42.4 Å². The summed E-state index contributed by atoms with van der Waals surface area (Å²) < 4.78 is 0. The molecule has 0 bridgehead atoms. The Morgan fingerprint density at radius 1 is 1.45 bits per heavy atom. The van der Waals surface area contributed by atoms with Crippen LogP contribution in [0.25, 0.3) is 0 Å². The Balaban J connectivity index is 0.00000441. The number of hydrogen-bond acceptors (Lipinski definition) is 4. The summed E-state index contributed by atoms with van der Waals surface area (Å²) >= 11 is 1.37. The van der Waals surface area contributed by atoms with Crippen molar-refractivity contribution in [3.05, 3.63) is 22.4 Å². The molecule has 5 nitrogen and oxygen atoms in total. The molecule has 0 spiro atoms. The lowest BCUT2D eigenvalue weighted by molar-refractivity contribution is -0.123. The molecule has 0 saturated heterocycles. The van der Waals surface area contributed by atoms with Gasteiger partial charge in [0, 0.05) is 19.1 Å². The fourth-order valence-corrected chi connectivity index (χ4v) is 3.06. The first kappa shape index (κ1) is 20.9. The molecule has 0 aliphatic carbocycles. The first-order valence-electron chi connectivity index (χ1n) is 7.07. The van der Waals surface area contributed by atoms with Gasteiger partial charge in [0.25, 0.3) is 5.91 Å². The fraction of sp³-hybridized carbons (Fsp3) is 0.600. The van der Waals surface area contributed by atoms with Crippen LogP contribution in [-0.2, 0) is 4.79 Å². The quantitative estimate of drug-likeness (QED) is 0.793. The van der Waals surface area contributed by atoms with Crippen molar-refractivity contribution >= 4 is 35.6 Å². The number of rotatable bonds is 7. The van der Waals surface area contributed by atoms with Crippen LogP contribution >= 0.6 is 23.7 Å². The second kappa shape index (κ2) is 9.12. The van der Waals surface area contributed by atoms with Crippen molar-refractivity contribution in [3.8, 4) is 0 Å². The molecule has 0 radical (unpaired) electrons. The molecule has 0 fully saturated rings. The second-order valence-corrected chi connectivity index (χ2v) is 7.00. The van der Waals surface area contributed by atoms with Crippen LogP contribution in [0.1, 0.15) is 36.9 Å². The molecule has 1 atom stereocenters. The molecule has 126 valence electrons. The first-order valence-corrected chi connectivity index (χ1v) is 7.95. The molecule has 0 aliphatic rings. The van der Waals surface area contributed by atoms with E-state index in [1.54, 1.807) is 13.1 Å². The number of carbonyl (C=O) groups excluding carboxylic acids is 2. The van der Waals surface area contributed by atoms with Gasteiger partial charge in [0.05, 0.1) is 11.4 Å². The third kappa shape index (κ3) is 6.34. The van der Waals surface area contributed by atoms with Gasteiger partial charge in [0.15, 0.2) is 0 Å². The Kier molecular flexibility index (Phi) is 8.66. The number of nitrogens with zero attached hydrogens (tertiary/aromatic N) is 1. The van der Waals surface area contributed by atoms with Crippen molar-refractivity contribution in [3.63, 3.8) is 0 Å². The van der Waals surface area contributed by atoms with E-state index in [9.17, 15) is 9.59 Å². The van der Waals surface area contributed by atoms with E-state index in [-0.39, 0.29) is 30.8 Å². The monoisotopic (exact) mass is 347 g/mol. The average Bonchev–Trinajstić information content (AvgIpc) is 2.90. The number of halogens is 1. The van der Waals surface area contributed by atoms with Crippen LogP contribution in [0.5, 0.6) is 0 Å². The summed E-state index contributed by atoms with van der Waals surface area (Å²) in [5, 5.41) is 4.79. The standard InChI is InChI=1S/C15H25N3O2S.ClH/c1-11(2)8-15(3,10-16)17-13(19)9-18(4)14(20)12-6-5-7-21-12;/h5-7,11H,8-10,16H2,1-4H3,(H,17,19);1H. The van der Waals surface area contributed by atoms with Crippen molar-refractivity contribution in [2.75, 3.05) is 20.1 Å². The van der Waals surface area contributed by atoms with Gasteiger partial charge in [-0.25, -0.2) is 0 Å². The zero-order chi connectivity index (χ0) is 16.0. The lowest BCUT2D eigenvalue weighted by Gasteiger charge is -2.32. The van der Waals surface area contributed by atoms with Gasteiger partial charge in [-0.05, 0) is 30.7 Å². The molecule has 0 aliphatic heterocycles. The highest BCUT2D eigenvalue weighted by atomic mass is 35.5. The predicted molar refractivity (Wildman–Crippen MR) is 93.6 cm³/mol. The summed E-state index contributed by atoms with van der Waals surface area (Å²) in [7, 11) is 1.63. The van der Waals surface area contributed by atoms with Crippen molar-refractivity contribution in [1.29, 1.82) is 0 Å². The lowest BCUT2D eigenvalue weighted by Crippen LogP contribution is -2.54. The number of nitrogens with two attached hydrogens (primary N) is 1. The van der Waals surface area contributed by atoms with Crippen LogP contribution in [0.15, 0.2) is 17.5 Å². The Labute approximate surface area is 142 Å². The molecule has 0 aromatic carbocycles. The number of amides is 2. The van der Waals surface area contributed by atoms with Gasteiger partial charge in [-0.1, -0.05) is 19.9 Å². The van der Waals surface area contributed by atoms with E-state index in [4.69, 9.17) is 5.73 Å². The Hall–Kier alpha value is -1.11. The molecular weight excluding hydrogens is 322 g/mol. The molecule has 1 aromatic rings. The Morgan fingerprint density at radius 2 is 2.09 bits per heavy atom. The summed E-state index contributed by atoms with van der Waals surface area (Å²) in [6.45, 7) is 6.52. The van der Waals surface area contributed by atoms with E-state index in [0.29, 0.717) is 17.3 Å². The second-order valence-electron chi connectivity index (χ2n) is 6.05. The van der Waals surface area contributed by atoms with Crippen molar-refractivity contribution in [2.45, 2.75) is 32.7 Å². The number of thiophene rings is 1. The molecule has 22 heavy (non-hydrogen) atoms. The van der Waals surface area contributed by atoms with E-state index in [1.807, 2.05) is 18.4 Å². The fourth-order valence-electron chi connectivity index (χ4n) is 2.34. The third-order valence-corrected chi connectivity index (χ3v) is 4.07. The summed E-state index contributed by atoms with van der Waals surface area (Å²) in [6.07, 6.45) is 0.803. The molecule has 1 rings (SSSR count). The molecule has 1 heterocycles. The van der Waals surface area contributed by atoms with Crippen molar-refractivity contribution < 1.29 is 9.59 Å². The number of likely N-dealkylation sites (N-methyl/N-ethyl adjacent to an activating group) is 1. The van der Waals surface area contributed by atoms with Crippen molar-refractivity contribution in [2.24, 2.45) is 11.7 Å². The predicted octanol–water partition coefficient (Wildman–Crippen LogP) is 2.12. The largest absolute Gasteiger partial charge is 0.348 e. The van der Waals surface area contributed by atoms with Gasteiger partial charge in [0.2, 0.25) is 5.91 Å². The van der Waals surface area contributed by atoms with Gasteiger partial charge in [-0.3, -0.25) is 9.59 Å². The molecule has 1 unspecified atom stereocenters. The number of hydrogen-bond donors (Lipinski definition) is 2. The van der Waals surface area contributed by atoms with Crippen LogP contribution in [0, 0.1) is 5.92 Å². The maximum Gasteiger partial charge on any atom is 0.264 e. The van der Waals surface area contributed by atoms with E-state index in [2.05, 4.69) is 19.2 Å². The SMILES string of the molecule is CC(C)CC(C)(CN)NC(=O)CN(C)C(=O)c1cccs1.Cl. The Morgan fingerprint density at radius 3 is 2.55 bits per heavy atom. The molecule has 3 N–H and O–H groups in total. The number of nitrogens with one attached hydrogen (secondary N) is 1. The maximum atomic E-state index is 12.1. The minimum Gasteiger partial charge on any atom is -0.348 e. The maximum absolute atomic E-state index is 12.1. The van der Waals surface area contributed by atoms with Crippen molar-refractivity contribution in [1.82, 2.24) is 10.2 Å². The van der Waals surface area contributed by atoms with Crippen LogP contribution in [0.3, 0.4) is 0 Å². The smallest absolute Gasteiger partial charge is 0.264 e. The minimum atomic E-state index is -0.432. The van der Waals surface area contributed by atoms with Crippen LogP contribution in [0.4, 0.5) is 0 Å². The molecule has 2 amide bonds. The topological polar surface area (TPSA) is 75.4 Å². The average molecular weight is 348 g/mol. The van der Waals surface area contributed by atoms with E-state index in [0.717, 1.165) is 6.42 Å². The lowest BCUT2D eigenvalue weighted by atomic mass is 9.91. The van der Waals surface area contributed by atoms with E-state index < -0.39 is 5.54 Å². The Bertz CT molecular complexity index is 479. The summed E-state index contributed by atoms with van der Waals surface area (Å²) in [5.74, 6) is 0.110. The molecular formula is C15H26ClN3O2S. The zero-order valence-corrected chi connectivity index (χ0v) is 15.2. The van der Waals surface area contributed by atoms with Gasteiger partial charge in [-0.2, -0.15) is 0 Å². The van der Waals surface area contributed by atoms with Gasteiger partial charge >= 0.3 is 0 Å². The van der Waals surface area contributed by atoms with E-state index >= 15 is 0 Å². The van der Waals surface area contributed by atoms with Crippen LogP contribution < -0.4 is 11.1 Å². The van der Waals surface area contributed by atoms with Crippen LogP contribution in [0.2, 0.25) is 0 Å². The molecule has 7 heteroatoms. The summed E-state index contributed by atoms with van der Waals surface area (Å²) in [6, 6.07) is 3.57. The molecule has 0 saturated carbocycles. The zero-order valence-electron chi connectivity index (χ0n) is 13.6. The van der Waals surface area contributed by atoms with E-state index in [1.165, 1.54) is 16.2 Å². The van der Waals surface area contributed by atoms with Gasteiger partial charge in [-0.15, -0.1) is 23.7 Å². The third-order valence-electron chi connectivity index (χ3n) is 3.21. The van der Waals surface area contributed by atoms with Gasteiger partial charge < -0.3 is 16.0 Å². The highest BCUT2D eigenvalue weighted by molar-refractivity contribution is 7.12. The molecule has 1 aromatic heterocycles. The highest BCUT2D eigenvalue weighted by Crippen LogP contribution is 2.15.